The topological polar surface area (TPSA) is 15.6 Å². The van der Waals surface area contributed by atoms with Gasteiger partial charge in [-0.05, 0) is 110 Å². The summed E-state index contributed by atoms with van der Waals surface area (Å²) in [7, 11) is 0. The fourth-order valence-electron chi connectivity index (χ4n) is 7.26. The molecular formula is C27H32N2. The van der Waals surface area contributed by atoms with Crippen molar-refractivity contribution in [1.82, 2.24) is 0 Å². The summed E-state index contributed by atoms with van der Waals surface area (Å²) in [5, 5.41) is 0. The van der Waals surface area contributed by atoms with Gasteiger partial charge in [0.05, 0.1) is 5.69 Å². The van der Waals surface area contributed by atoms with Crippen LogP contribution >= 0.6 is 0 Å². The molecular weight excluding hydrogens is 352 g/mol. The van der Waals surface area contributed by atoms with E-state index in [0.29, 0.717) is 5.41 Å². The van der Waals surface area contributed by atoms with E-state index in [0.717, 1.165) is 23.4 Å². The molecule has 1 heterocycles. The number of anilines is 1. The Labute approximate surface area is 175 Å². The molecule has 0 radical (unpaired) electrons. The predicted molar refractivity (Wildman–Crippen MR) is 121 cm³/mol. The van der Waals surface area contributed by atoms with Gasteiger partial charge >= 0.3 is 0 Å². The van der Waals surface area contributed by atoms with E-state index in [1.54, 1.807) is 5.56 Å². The first kappa shape index (κ1) is 17.7. The molecule has 4 saturated carbocycles. The van der Waals surface area contributed by atoms with Crippen LogP contribution in [-0.4, -0.2) is 19.3 Å². The van der Waals surface area contributed by atoms with E-state index in [1.165, 1.54) is 75.7 Å². The molecule has 0 amide bonds. The summed E-state index contributed by atoms with van der Waals surface area (Å²) >= 11 is 0. The van der Waals surface area contributed by atoms with Crippen LogP contribution in [0.5, 0.6) is 0 Å². The number of benzene rings is 2. The van der Waals surface area contributed by atoms with Crippen molar-refractivity contribution in [3.05, 3.63) is 59.7 Å². The van der Waals surface area contributed by atoms with E-state index in [4.69, 9.17) is 4.99 Å². The van der Waals surface area contributed by atoms with E-state index in [1.807, 2.05) is 6.21 Å². The van der Waals surface area contributed by atoms with E-state index in [-0.39, 0.29) is 0 Å². The largest absolute Gasteiger partial charge is 0.372 e. The summed E-state index contributed by atoms with van der Waals surface area (Å²) in [5.41, 5.74) is 5.67. The molecule has 4 bridgehead atoms. The lowest BCUT2D eigenvalue weighted by molar-refractivity contribution is -0.00518. The highest BCUT2D eigenvalue weighted by Gasteiger charge is 2.51. The number of aliphatic imine (C=N–C) groups is 1. The molecule has 5 fully saturated rings. The summed E-state index contributed by atoms with van der Waals surface area (Å²) in [5.74, 6) is 3.01. The van der Waals surface area contributed by atoms with Gasteiger partial charge < -0.3 is 4.90 Å². The van der Waals surface area contributed by atoms with Gasteiger partial charge in [0, 0.05) is 25.0 Å². The van der Waals surface area contributed by atoms with E-state index >= 15 is 0 Å². The summed E-state index contributed by atoms with van der Waals surface area (Å²) in [6.45, 7) is 2.40. The molecule has 2 heteroatoms. The maximum absolute atomic E-state index is 4.75. The number of hydrogen-bond acceptors (Lipinski definition) is 2. The molecule has 150 valence electrons. The molecule has 1 aliphatic heterocycles. The molecule has 5 aliphatic rings. The van der Waals surface area contributed by atoms with Crippen molar-refractivity contribution >= 4 is 17.6 Å². The lowest BCUT2D eigenvalue weighted by Crippen LogP contribution is -2.48. The first-order valence-corrected chi connectivity index (χ1v) is 11.8. The van der Waals surface area contributed by atoms with Crippen LogP contribution in [0.3, 0.4) is 0 Å². The summed E-state index contributed by atoms with van der Waals surface area (Å²) in [6.07, 6.45) is 13.5. The van der Waals surface area contributed by atoms with Crippen molar-refractivity contribution in [3.8, 4) is 0 Å². The fraction of sp³-hybridized carbons (Fsp3) is 0.519. The number of nitrogens with zero attached hydrogens (tertiary/aromatic N) is 2. The van der Waals surface area contributed by atoms with Gasteiger partial charge in [-0.1, -0.05) is 24.3 Å². The molecule has 0 aromatic heterocycles. The average molecular weight is 385 g/mol. The molecule has 2 aromatic carbocycles. The van der Waals surface area contributed by atoms with Gasteiger partial charge in [0.1, 0.15) is 0 Å². The molecule has 7 rings (SSSR count). The lowest BCUT2D eigenvalue weighted by atomic mass is 9.48. The average Bonchev–Trinajstić information content (AvgIpc) is 3.27. The Bertz CT molecular complexity index is 852. The summed E-state index contributed by atoms with van der Waals surface area (Å²) < 4.78 is 0. The first-order valence-electron chi connectivity index (χ1n) is 11.8. The maximum atomic E-state index is 4.75. The molecule has 0 unspecified atom stereocenters. The minimum Gasteiger partial charge on any atom is -0.372 e. The van der Waals surface area contributed by atoms with Crippen LogP contribution < -0.4 is 4.90 Å². The van der Waals surface area contributed by atoms with Crippen molar-refractivity contribution in [2.45, 2.75) is 56.8 Å². The van der Waals surface area contributed by atoms with E-state index in [9.17, 15) is 0 Å². The molecule has 0 atom stereocenters. The van der Waals surface area contributed by atoms with Crippen LogP contribution in [-0.2, 0) is 5.41 Å². The smallest absolute Gasteiger partial charge is 0.0630 e. The Morgan fingerprint density at radius 2 is 1.34 bits per heavy atom. The zero-order chi connectivity index (χ0) is 19.3. The van der Waals surface area contributed by atoms with Crippen LogP contribution in [0.2, 0.25) is 0 Å². The van der Waals surface area contributed by atoms with Crippen LogP contribution in [0.25, 0.3) is 0 Å². The molecule has 4 aliphatic carbocycles. The minimum absolute atomic E-state index is 0.488. The van der Waals surface area contributed by atoms with Crippen LogP contribution in [0.1, 0.15) is 62.5 Å². The minimum atomic E-state index is 0.488. The third-order valence-corrected chi connectivity index (χ3v) is 8.24. The second-order valence-corrected chi connectivity index (χ2v) is 10.3. The highest BCUT2D eigenvalue weighted by Crippen LogP contribution is 2.60. The monoisotopic (exact) mass is 384 g/mol. The zero-order valence-corrected chi connectivity index (χ0v) is 17.4. The Morgan fingerprint density at radius 1 is 0.759 bits per heavy atom. The van der Waals surface area contributed by atoms with Crippen LogP contribution in [0.15, 0.2) is 53.5 Å². The maximum Gasteiger partial charge on any atom is 0.0630 e. The summed E-state index contributed by atoms with van der Waals surface area (Å²) in [6, 6.07) is 18.1. The fourth-order valence-corrected chi connectivity index (χ4v) is 7.26. The third kappa shape index (κ3) is 3.31. The normalized spacial score (nSPS) is 33.1. The van der Waals surface area contributed by atoms with Crippen molar-refractivity contribution in [2.24, 2.45) is 22.7 Å². The van der Waals surface area contributed by atoms with Gasteiger partial charge in [-0.2, -0.15) is 0 Å². The summed E-state index contributed by atoms with van der Waals surface area (Å²) in [4.78, 5) is 7.23. The predicted octanol–water partition coefficient (Wildman–Crippen LogP) is 6.51. The Hall–Kier alpha value is -2.09. The van der Waals surface area contributed by atoms with Crippen molar-refractivity contribution in [1.29, 1.82) is 0 Å². The van der Waals surface area contributed by atoms with Gasteiger partial charge in [0.2, 0.25) is 0 Å². The second-order valence-electron chi connectivity index (χ2n) is 10.3. The van der Waals surface area contributed by atoms with E-state index < -0.39 is 0 Å². The van der Waals surface area contributed by atoms with Gasteiger partial charge in [-0.3, -0.25) is 4.99 Å². The molecule has 1 saturated heterocycles. The second kappa shape index (κ2) is 7.00. The van der Waals surface area contributed by atoms with Crippen LogP contribution in [0, 0.1) is 17.8 Å². The first-order chi connectivity index (χ1) is 14.3. The lowest BCUT2D eigenvalue weighted by Gasteiger charge is -2.57. The third-order valence-electron chi connectivity index (χ3n) is 8.24. The molecule has 29 heavy (non-hydrogen) atoms. The highest BCUT2D eigenvalue weighted by atomic mass is 15.1. The van der Waals surface area contributed by atoms with Gasteiger partial charge in [-0.25, -0.2) is 0 Å². The van der Waals surface area contributed by atoms with Crippen LogP contribution in [0.4, 0.5) is 11.4 Å². The van der Waals surface area contributed by atoms with Gasteiger partial charge in [0.25, 0.3) is 0 Å². The standard InChI is InChI=1S/C27H32N2/c1-2-12-29(11-1)26-9-3-20(4-10-26)19-28-25-7-5-24(6-8-25)27-16-21-13-22(17-27)15-23(14-21)18-27/h3-10,19,21-23H,1-2,11-18H2. The van der Waals surface area contributed by atoms with Crippen molar-refractivity contribution in [3.63, 3.8) is 0 Å². The van der Waals surface area contributed by atoms with Gasteiger partial charge in [-0.15, -0.1) is 0 Å². The number of rotatable bonds is 4. The molecule has 0 N–H and O–H groups in total. The van der Waals surface area contributed by atoms with Crippen molar-refractivity contribution in [2.75, 3.05) is 18.0 Å². The quantitative estimate of drug-likeness (QED) is 0.549. The molecule has 2 aromatic rings. The van der Waals surface area contributed by atoms with E-state index in [2.05, 4.69) is 53.4 Å². The zero-order valence-electron chi connectivity index (χ0n) is 17.4. The van der Waals surface area contributed by atoms with Crippen molar-refractivity contribution < 1.29 is 0 Å². The number of hydrogen-bond donors (Lipinski definition) is 0. The highest BCUT2D eigenvalue weighted by molar-refractivity contribution is 5.82. The molecule has 2 nitrogen and oxygen atoms in total. The Kier molecular flexibility index (Phi) is 4.29. The Balaban J connectivity index is 1.16. The molecule has 0 spiro atoms. The van der Waals surface area contributed by atoms with Gasteiger partial charge in [0.15, 0.2) is 0 Å². The Morgan fingerprint density at radius 3 is 1.93 bits per heavy atom. The SMILES string of the molecule is C(=Nc1ccc(C23CC4CC(CC(C4)C2)C3)cc1)c1ccc(N2CCCC2)cc1.